The van der Waals surface area contributed by atoms with Crippen LogP contribution >= 0.6 is 11.3 Å². The number of benzene rings is 2. The summed E-state index contributed by atoms with van der Waals surface area (Å²) in [6.07, 6.45) is 1.62. The average molecular weight is 599 g/mol. The van der Waals surface area contributed by atoms with Gasteiger partial charge in [0.05, 0.1) is 26.4 Å². The van der Waals surface area contributed by atoms with Crippen molar-refractivity contribution < 1.29 is 47.6 Å². The SMILES string of the molecule is C=CC(=O)OCCCCOC(=O)Oc1ccc(-c2nnc(-c3ccc(OC(=O)OCCCCOC(C)=O)cc3)s2)cc1. The van der Waals surface area contributed by atoms with E-state index in [1.165, 1.54) is 18.3 Å². The molecule has 12 nitrogen and oxygen atoms in total. The maximum Gasteiger partial charge on any atom is 0.513 e. The second-order valence-electron chi connectivity index (χ2n) is 8.49. The normalized spacial score (nSPS) is 10.3. The summed E-state index contributed by atoms with van der Waals surface area (Å²) < 4.78 is 30.0. The maximum absolute atomic E-state index is 11.9. The van der Waals surface area contributed by atoms with E-state index in [9.17, 15) is 19.2 Å². The predicted octanol–water partition coefficient (Wildman–Crippen LogP) is 5.76. The molecule has 0 spiro atoms. The topological polar surface area (TPSA) is 149 Å². The molecule has 2 aromatic carbocycles. The third-order valence-electron chi connectivity index (χ3n) is 5.26. The lowest BCUT2D eigenvalue weighted by Crippen LogP contribution is -2.12. The molecule has 0 atom stereocenters. The number of carbonyl (C=O) groups is 4. The number of nitrogens with zero attached hydrogens (tertiary/aromatic N) is 2. The first kappa shape index (κ1) is 31.7. The van der Waals surface area contributed by atoms with Gasteiger partial charge in [-0.25, -0.2) is 14.4 Å². The average Bonchev–Trinajstić information content (AvgIpc) is 3.47. The lowest BCUT2D eigenvalue weighted by Gasteiger charge is -2.06. The van der Waals surface area contributed by atoms with Gasteiger partial charge in [0.15, 0.2) is 0 Å². The first-order valence-corrected chi connectivity index (χ1v) is 13.8. The Hall–Kier alpha value is -4.78. The van der Waals surface area contributed by atoms with Gasteiger partial charge in [-0.2, -0.15) is 0 Å². The van der Waals surface area contributed by atoms with Crippen LogP contribution in [-0.4, -0.2) is 60.9 Å². The largest absolute Gasteiger partial charge is 0.513 e. The third-order valence-corrected chi connectivity index (χ3v) is 6.28. The Morgan fingerprint density at radius 3 is 1.48 bits per heavy atom. The molecular weight excluding hydrogens is 568 g/mol. The Balaban J connectivity index is 1.41. The summed E-state index contributed by atoms with van der Waals surface area (Å²) in [7, 11) is 0. The highest BCUT2D eigenvalue weighted by molar-refractivity contribution is 7.17. The van der Waals surface area contributed by atoms with Crippen molar-refractivity contribution in [3.63, 3.8) is 0 Å². The summed E-state index contributed by atoms with van der Waals surface area (Å²) in [5, 5.41) is 9.80. The van der Waals surface area contributed by atoms with E-state index in [-0.39, 0.29) is 32.4 Å². The minimum Gasteiger partial charge on any atom is -0.466 e. The quantitative estimate of drug-likeness (QED) is 0.0688. The number of hydrogen-bond acceptors (Lipinski definition) is 13. The van der Waals surface area contributed by atoms with Gasteiger partial charge in [0, 0.05) is 24.1 Å². The van der Waals surface area contributed by atoms with Crippen molar-refractivity contribution in [1.82, 2.24) is 10.2 Å². The van der Waals surface area contributed by atoms with Gasteiger partial charge >= 0.3 is 24.2 Å². The van der Waals surface area contributed by atoms with E-state index in [2.05, 4.69) is 16.8 Å². The van der Waals surface area contributed by atoms with Gasteiger partial charge in [-0.3, -0.25) is 4.79 Å². The smallest absolute Gasteiger partial charge is 0.466 e. The fourth-order valence-corrected chi connectivity index (χ4v) is 4.06. The van der Waals surface area contributed by atoms with Crippen molar-refractivity contribution in [3.05, 3.63) is 61.2 Å². The van der Waals surface area contributed by atoms with E-state index < -0.39 is 18.3 Å². The van der Waals surface area contributed by atoms with Crippen LogP contribution in [0.25, 0.3) is 21.1 Å². The van der Waals surface area contributed by atoms with Gasteiger partial charge in [0.2, 0.25) is 0 Å². The number of carbonyl (C=O) groups excluding carboxylic acids is 4. The third kappa shape index (κ3) is 11.4. The highest BCUT2D eigenvalue weighted by atomic mass is 32.1. The Morgan fingerprint density at radius 2 is 1.07 bits per heavy atom. The zero-order chi connectivity index (χ0) is 30.2. The van der Waals surface area contributed by atoms with Crippen LogP contribution in [0.2, 0.25) is 0 Å². The van der Waals surface area contributed by atoms with Crippen LogP contribution in [0.4, 0.5) is 9.59 Å². The molecular formula is C29H30N2O10S. The fraction of sp³-hybridized carbons (Fsp3) is 0.310. The monoisotopic (exact) mass is 598 g/mol. The summed E-state index contributed by atoms with van der Waals surface area (Å²) in [5.41, 5.74) is 1.57. The number of unbranched alkanes of at least 4 members (excludes halogenated alkanes) is 2. The van der Waals surface area contributed by atoms with Crippen molar-refractivity contribution >= 4 is 35.6 Å². The summed E-state index contributed by atoms with van der Waals surface area (Å²) in [6, 6.07) is 13.5. The van der Waals surface area contributed by atoms with Crippen molar-refractivity contribution in [2.75, 3.05) is 26.4 Å². The summed E-state index contributed by atoms with van der Waals surface area (Å²) in [5.74, 6) is -0.214. The zero-order valence-corrected chi connectivity index (χ0v) is 23.8. The minimum absolute atomic E-state index is 0.132. The minimum atomic E-state index is -0.832. The molecule has 0 saturated heterocycles. The highest BCUT2D eigenvalue weighted by Crippen LogP contribution is 2.31. The summed E-state index contributed by atoms with van der Waals surface area (Å²) in [6.45, 7) is 5.43. The van der Waals surface area contributed by atoms with E-state index in [1.807, 2.05) is 0 Å². The van der Waals surface area contributed by atoms with E-state index >= 15 is 0 Å². The number of esters is 2. The molecule has 13 heteroatoms. The van der Waals surface area contributed by atoms with Crippen LogP contribution in [0.5, 0.6) is 11.5 Å². The Labute approximate surface area is 246 Å². The lowest BCUT2D eigenvalue weighted by molar-refractivity contribution is -0.141. The van der Waals surface area contributed by atoms with Crippen LogP contribution in [0.1, 0.15) is 32.6 Å². The van der Waals surface area contributed by atoms with Crippen LogP contribution < -0.4 is 9.47 Å². The molecule has 0 bridgehead atoms. The second kappa shape index (κ2) is 17.1. The molecule has 0 saturated carbocycles. The van der Waals surface area contributed by atoms with Crippen molar-refractivity contribution in [1.29, 1.82) is 0 Å². The van der Waals surface area contributed by atoms with Crippen LogP contribution in [-0.2, 0) is 28.5 Å². The number of rotatable bonds is 15. The molecule has 0 amide bonds. The number of aromatic nitrogens is 2. The molecule has 0 radical (unpaired) electrons. The summed E-state index contributed by atoms with van der Waals surface area (Å²) in [4.78, 5) is 45.4. The molecule has 0 N–H and O–H groups in total. The van der Waals surface area contributed by atoms with Gasteiger partial charge in [-0.05, 0) is 74.2 Å². The Morgan fingerprint density at radius 1 is 0.667 bits per heavy atom. The lowest BCUT2D eigenvalue weighted by atomic mass is 10.2. The van der Waals surface area contributed by atoms with Crippen LogP contribution in [0.15, 0.2) is 61.2 Å². The maximum atomic E-state index is 11.9. The Kier molecular flexibility index (Phi) is 12.9. The van der Waals surface area contributed by atoms with E-state index in [1.54, 1.807) is 48.5 Å². The molecule has 0 aliphatic heterocycles. The fourth-order valence-electron chi connectivity index (χ4n) is 3.21. The molecule has 1 heterocycles. The molecule has 0 unspecified atom stereocenters. The predicted molar refractivity (Wildman–Crippen MR) is 151 cm³/mol. The highest BCUT2D eigenvalue weighted by Gasteiger charge is 2.12. The first-order valence-electron chi connectivity index (χ1n) is 13.0. The molecule has 222 valence electrons. The molecule has 0 aliphatic rings. The van der Waals surface area contributed by atoms with Gasteiger partial charge in [0.25, 0.3) is 0 Å². The molecule has 3 aromatic rings. The standard InChI is InChI=1S/C29H30N2O10S/c1-3-25(33)37-17-5-7-19-39-29(35)41-24-14-10-22(11-15-24)27-31-30-26(42-27)21-8-12-23(13-9-21)40-28(34)38-18-6-4-16-36-20(2)32/h3,8-15H,1,4-7,16-19H2,2H3. The van der Waals surface area contributed by atoms with Gasteiger partial charge in [-0.1, -0.05) is 17.9 Å². The van der Waals surface area contributed by atoms with E-state index in [0.29, 0.717) is 47.2 Å². The van der Waals surface area contributed by atoms with Crippen LogP contribution in [0, 0.1) is 0 Å². The van der Waals surface area contributed by atoms with E-state index in [0.717, 1.165) is 17.2 Å². The molecule has 0 aliphatic carbocycles. The zero-order valence-electron chi connectivity index (χ0n) is 22.9. The van der Waals surface area contributed by atoms with Gasteiger partial charge in [0.1, 0.15) is 21.5 Å². The van der Waals surface area contributed by atoms with Gasteiger partial charge in [-0.15, -0.1) is 10.2 Å². The van der Waals surface area contributed by atoms with Crippen molar-refractivity contribution in [2.45, 2.75) is 32.6 Å². The molecule has 1 aromatic heterocycles. The van der Waals surface area contributed by atoms with Crippen LogP contribution in [0.3, 0.4) is 0 Å². The molecule has 0 fully saturated rings. The van der Waals surface area contributed by atoms with Crippen molar-refractivity contribution in [2.24, 2.45) is 0 Å². The van der Waals surface area contributed by atoms with Crippen molar-refractivity contribution in [3.8, 4) is 32.6 Å². The van der Waals surface area contributed by atoms with E-state index in [4.69, 9.17) is 28.4 Å². The second-order valence-corrected chi connectivity index (χ2v) is 9.47. The molecule has 3 rings (SSSR count). The Bertz CT molecular complexity index is 1340. The first-order chi connectivity index (χ1) is 20.3. The number of ether oxygens (including phenoxy) is 6. The number of hydrogen-bond donors (Lipinski definition) is 0. The molecule has 42 heavy (non-hydrogen) atoms. The van der Waals surface area contributed by atoms with Gasteiger partial charge < -0.3 is 28.4 Å². The summed E-state index contributed by atoms with van der Waals surface area (Å²) >= 11 is 1.36.